The number of nitrogens with zero attached hydrogens (tertiary/aromatic N) is 1. The number of hydrogen-bond acceptors (Lipinski definition) is 3. The lowest BCUT2D eigenvalue weighted by Crippen LogP contribution is -2.67. The van der Waals surface area contributed by atoms with E-state index in [0.29, 0.717) is 6.42 Å². The number of rotatable bonds is 27. The standard InChI is InChI=1S/C40H67NO3Si/c1-5-6-7-8-9-10-11-14-17-26-33-41(34-27-18-15-12-13-16-25-32-39(42)43)35-36-44-45(40(2,3)4,37-28-21-19-22-29-37)38-30-23-20-24-31-38/h19-24,28-31H,5-18,25-27,32-36H2,1-4H3,(H,42,43). The number of benzene rings is 2. The Morgan fingerprint density at radius 2 is 1.02 bits per heavy atom. The first kappa shape index (κ1) is 39.2. The van der Waals surface area contributed by atoms with Gasteiger partial charge in [0.15, 0.2) is 0 Å². The van der Waals surface area contributed by atoms with Crippen molar-refractivity contribution in [1.29, 1.82) is 0 Å². The van der Waals surface area contributed by atoms with Crippen molar-refractivity contribution in [2.24, 2.45) is 0 Å². The summed E-state index contributed by atoms with van der Waals surface area (Å²) in [4.78, 5) is 13.4. The summed E-state index contributed by atoms with van der Waals surface area (Å²) in [6.45, 7) is 13.4. The molecule has 0 aliphatic heterocycles. The van der Waals surface area contributed by atoms with E-state index in [-0.39, 0.29) is 5.04 Å². The lowest BCUT2D eigenvalue weighted by molar-refractivity contribution is -0.137. The second-order valence-corrected chi connectivity index (χ2v) is 18.5. The maximum atomic E-state index is 10.7. The van der Waals surface area contributed by atoms with Crippen molar-refractivity contribution in [2.45, 2.75) is 148 Å². The Balaban J connectivity index is 1.94. The first-order valence-corrected chi connectivity index (χ1v) is 20.4. The minimum Gasteiger partial charge on any atom is -0.481 e. The van der Waals surface area contributed by atoms with Crippen LogP contribution in [0.25, 0.3) is 0 Å². The Bertz CT molecular complexity index is 952. The predicted molar refractivity (Wildman–Crippen MR) is 196 cm³/mol. The second kappa shape index (κ2) is 23.4. The number of unbranched alkanes of at least 4 members (excludes halogenated alkanes) is 15. The molecule has 0 aliphatic carbocycles. The van der Waals surface area contributed by atoms with Crippen molar-refractivity contribution >= 4 is 24.7 Å². The van der Waals surface area contributed by atoms with Gasteiger partial charge in [-0.25, -0.2) is 0 Å². The van der Waals surface area contributed by atoms with Gasteiger partial charge in [-0.2, -0.15) is 0 Å². The van der Waals surface area contributed by atoms with E-state index in [4.69, 9.17) is 9.53 Å². The quantitative estimate of drug-likeness (QED) is 0.0782. The Morgan fingerprint density at radius 3 is 1.42 bits per heavy atom. The topological polar surface area (TPSA) is 49.8 Å². The van der Waals surface area contributed by atoms with Gasteiger partial charge in [0, 0.05) is 19.6 Å². The maximum Gasteiger partial charge on any atom is 0.303 e. The fourth-order valence-corrected chi connectivity index (χ4v) is 11.3. The molecule has 0 radical (unpaired) electrons. The fourth-order valence-electron chi connectivity index (χ4n) is 6.74. The summed E-state index contributed by atoms with van der Waals surface area (Å²) in [6, 6.07) is 22.0. The first-order valence-electron chi connectivity index (χ1n) is 18.5. The molecule has 0 aromatic heterocycles. The molecule has 0 atom stereocenters. The van der Waals surface area contributed by atoms with Crippen molar-refractivity contribution in [1.82, 2.24) is 4.90 Å². The molecule has 2 aromatic rings. The van der Waals surface area contributed by atoms with Crippen LogP contribution in [0.4, 0.5) is 0 Å². The molecule has 45 heavy (non-hydrogen) atoms. The molecule has 0 fully saturated rings. The number of carboxylic acid groups (broad SMARTS) is 1. The van der Waals surface area contributed by atoms with Gasteiger partial charge in [0.25, 0.3) is 8.32 Å². The summed E-state index contributed by atoms with van der Waals surface area (Å²) in [5, 5.41) is 11.6. The highest BCUT2D eigenvalue weighted by molar-refractivity contribution is 6.99. The molecule has 2 aromatic carbocycles. The first-order chi connectivity index (χ1) is 21.8. The zero-order chi connectivity index (χ0) is 32.6. The van der Waals surface area contributed by atoms with Crippen LogP contribution in [0, 0.1) is 0 Å². The Kier molecular flexibility index (Phi) is 20.4. The second-order valence-electron chi connectivity index (χ2n) is 14.2. The zero-order valence-corrected chi connectivity index (χ0v) is 30.5. The van der Waals surface area contributed by atoms with Gasteiger partial charge in [0.1, 0.15) is 0 Å². The molecule has 0 spiro atoms. The van der Waals surface area contributed by atoms with Crippen LogP contribution in [0.5, 0.6) is 0 Å². The van der Waals surface area contributed by atoms with E-state index < -0.39 is 14.3 Å². The van der Waals surface area contributed by atoms with Crippen molar-refractivity contribution in [3.63, 3.8) is 0 Å². The normalized spacial score (nSPS) is 12.2. The van der Waals surface area contributed by atoms with Crippen LogP contribution in [0.2, 0.25) is 5.04 Å². The maximum absolute atomic E-state index is 10.7. The SMILES string of the molecule is CCCCCCCCCCCCN(CCCCCCCCCC(=O)O)CCO[Si](c1ccccc1)(c1ccccc1)C(C)(C)C. The lowest BCUT2D eigenvalue weighted by atomic mass is 10.1. The van der Waals surface area contributed by atoms with Crippen LogP contribution in [-0.4, -0.2) is 50.5 Å². The van der Waals surface area contributed by atoms with E-state index >= 15 is 0 Å². The third-order valence-corrected chi connectivity index (χ3v) is 14.4. The largest absolute Gasteiger partial charge is 0.481 e. The van der Waals surface area contributed by atoms with Gasteiger partial charge in [-0.05, 0) is 47.8 Å². The van der Waals surface area contributed by atoms with Gasteiger partial charge in [0.05, 0.1) is 0 Å². The van der Waals surface area contributed by atoms with E-state index in [1.54, 1.807) is 0 Å². The minimum absolute atomic E-state index is 0.00153. The molecule has 0 aliphatic rings. The van der Waals surface area contributed by atoms with E-state index in [2.05, 4.69) is 93.3 Å². The van der Waals surface area contributed by atoms with Crippen LogP contribution >= 0.6 is 0 Å². The molecule has 0 heterocycles. The highest BCUT2D eigenvalue weighted by Crippen LogP contribution is 2.36. The highest BCUT2D eigenvalue weighted by atomic mass is 28.4. The van der Waals surface area contributed by atoms with Gasteiger partial charge in [-0.15, -0.1) is 0 Å². The molecule has 0 unspecified atom stereocenters. The minimum atomic E-state index is -2.51. The average molecular weight is 638 g/mol. The summed E-state index contributed by atoms with van der Waals surface area (Å²) in [5.74, 6) is -0.670. The molecule has 0 saturated carbocycles. The van der Waals surface area contributed by atoms with E-state index in [1.165, 1.54) is 100 Å². The molecule has 1 N–H and O–H groups in total. The third kappa shape index (κ3) is 15.5. The highest BCUT2D eigenvalue weighted by Gasteiger charge is 2.50. The van der Waals surface area contributed by atoms with Crippen LogP contribution in [-0.2, 0) is 9.22 Å². The monoisotopic (exact) mass is 637 g/mol. The van der Waals surface area contributed by atoms with Gasteiger partial charge in [0.2, 0.25) is 0 Å². The van der Waals surface area contributed by atoms with Gasteiger partial charge in [-0.1, -0.05) is 178 Å². The van der Waals surface area contributed by atoms with Gasteiger partial charge in [-0.3, -0.25) is 4.79 Å². The van der Waals surface area contributed by atoms with Crippen LogP contribution < -0.4 is 10.4 Å². The zero-order valence-electron chi connectivity index (χ0n) is 29.5. The summed E-state index contributed by atoms with van der Waals surface area (Å²) >= 11 is 0. The molecular formula is C40H67NO3Si. The summed E-state index contributed by atoms with van der Waals surface area (Å²) < 4.78 is 7.25. The molecule has 5 heteroatoms. The summed E-state index contributed by atoms with van der Waals surface area (Å²) in [7, 11) is -2.51. The molecular weight excluding hydrogens is 571 g/mol. The van der Waals surface area contributed by atoms with E-state index in [1.807, 2.05) is 0 Å². The molecule has 4 nitrogen and oxygen atoms in total. The van der Waals surface area contributed by atoms with Crippen molar-refractivity contribution < 1.29 is 14.3 Å². The van der Waals surface area contributed by atoms with Crippen LogP contribution in [0.3, 0.4) is 0 Å². The van der Waals surface area contributed by atoms with Crippen molar-refractivity contribution in [3.8, 4) is 0 Å². The van der Waals surface area contributed by atoms with Crippen LogP contribution in [0.15, 0.2) is 60.7 Å². The number of aliphatic carboxylic acids is 1. The van der Waals surface area contributed by atoms with E-state index in [0.717, 1.165) is 45.5 Å². The number of carbonyl (C=O) groups is 1. The molecule has 0 saturated heterocycles. The van der Waals surface area contributed by atoms with Gasteiger partial charge < -0.3 is 14.4 Å². The number of carboxylic acids is 1. The molecule has 2 rings (SSSR count). The fraction of sp³-hybridized carbons (Fsp3) is 0.675. The molecule has 0 amide bonds. The summed E-state index contributed by atoms with van der Waals surface area (Å²) in [6.07, 6.45) is 22.0. The van der Waals surface area contributed by atoms with Crippen LogP contribution in [0.1, 0.15) is 143 Å². The Labute approximate surface area is 278 Å². The smallest absolute Gasteiger partial charge is 0.303 e. The Hall–Kier alpha value is -1.95. The van der Waals surface area contributed by atoms with E-state index in [9.17, 15) is 4.79 Å². The Morgan fingerprint density at radius 1 is 0.622 bits per heavy atom. The van der Waals surface area contributed by atoms with Crippen molar-refractivity contribution in [2.75, 3.05) is 26.2 Å². The molecule has 0 bridgehead atoms. The average Bonchev–Trinajstić information content (AvgIpc) is 3.03. The third-order valence-electron chi connectivity index (χ3n) is 9.34. The lowest BCUT2D eigenvalue weighted by Gasteiger charge is -2.43. The predicted octanol–water partition coefficient (Wildman–Crippen LogP) is 9.99. The van der Waals surface area contributed by atoms with Crippen molar-refractivity contribution in [3.05, 3.63) is 60.7 Å². The number of hydrogen-bond donors (Lipinski definition) is 1. The molecule has 254 valence electrons. The summed E-state index contributed by atoms with van der Waals surface area (Å²) in [5.41, 5.74) is 0. The van der Waals surface area contributed by atoms with Gasteiger partial charge >= 0.3 is 5.97 Å².